The van der Waals surface area contributed by atoms with Gasteiger partial charge in [-0.2, -0.15) is 0 Å². The van der Waals surface area contributed by atoms with Gasteiger partial charge in [-0.1, -0.05) is 30.3 Å². The Kier molecular flexibility index (Phi) is 5.27. The summed E-state index contributed by atoms with van der Waals surface area (Å²) in [6.45, 7) is 5.40. The maximum absolute atomic E-state index is 12.3. The molecule has 0 aliphatic carbocycles. The van der Waals surface area contributed by atoms with Crippen molar-refractivity contribution in [3.63, 3.8) is 0 Å². The molecule has 2 aromatic carbocycles. The van der Waals surface area contributed by atoms with Crippen molar-refractivity contribution in [1.82, 2.24) is 9.80 Å². The third-order valence-corrected chi connectivity index (χ3v) is 6.10. The second kappa shape index (κ2) is 7.84. The number of ether oxygens (including phenoxy) is 2. The minimum absolute atomic E-state index is 0.173. The summed E-state index contributed by atoms with van der Waals surface area (Å²) in [5.41, 5.74) is 2.44. The van der Waals surface area contributed by atoms with E-state index in [2.05, 4.69) is 46.2 Å². The van der Waals surface area contributed by atoms with Gasteiger partial charge in [-0.25, -0.2) is 0 Å². The van der Waals surface area contributed by atoms with Crippen LogP contribution >= 0.6 is 0 Å². The first-order valence-corrected chi connectivity index (χ1v) is 9.85. The smallest absolute Gasteiger partial charge is 0.219 e. The van der Waals surface area contributed by atoms with Crippen molar-refractivity contribution in [3.8, 4) is 11.5 Å². The molecule has 148 valence electrons. The summed E-state index contributed by atoms with van der Waals surface area (Å²) < 4.78 is 10.8. The van der Waals surface area contributed by atoms with Crippen LogP contribution in [0.3, 0.4) is 0 Å². The van der Waals surface area contributed by atoms with Gasteiger partial charge in [0, 0.05) is 45.1 Å². The molecule has 0 aromatic heterocycles. The van der Waals surface area contributed by atoms with E-state index in [9.17, 15) is 4.79 Å². The van der Waals surface area contributed by atoms with E-state index in [1.54, 1.807) is 21.1 Å². The lowest BCUT2D eigenvalue weighted by Gasteiger charge is -2.29. The molecule has 2 heterocycles. The van der Waals surface area contributed by atoms with E-state index in [1.807, 2.05) is 12.1 Å². The van der Waals surface area contributed by atoms with E-state index in [0.29, 0.717) is 11.8 Å². The lowest BCUT2D eigenvalue weighted by molar-refractivity contribution is -0.130. The molecular weight excluding hydrogens is 352 g/mol. The average Bonchev–Trinajstić information content (AvgIpc) is 3.25. The number of benzene rings is 2. The molecule has 2 aliphatic rings. The molecule has 2 saturated heterocycles. The number of nitrogens with zero attached hydrogens (tertiary/aromatic N) is 2. The summed E-state index contributed by atoms with van der Waals surface area (Å²) in [4.78, 5) is 16.8. The van der Waals surface area contributed by atoms with Gasteiger partial charge < -0.3 is 14.4 Å². The van der Waals surface area contributed by atoms with Crippen LogP contribution in [0.15, 0.2) is 48.5 Å². The van der Waals surface area contributed by atoms with Crippen LogP contribution in [0.4, 0.5) is 0 Å². The molecule has 0 bridgehead atoms. The Morgan fingerprint density at radius 1 is 1.00 bits per heavy atom. The van der Waals surface area contributed by atoms with E-state index in [1.165, 1.54) is 11.1 Å². The molecule has 0 N–H and O–H groups in total. The highest BCUT2D eigenvalue weighted by Gasteiger charge is 2.48. The molecule has 2 fully saturated rings. The molecule has 0 spiro atoms. The third kappa shape index (κ3) is 3.59. The highest BCUT2D eigenvalue weighted by atomic mass is 16.5. The molecule has 0 saturated carbocycles. The standard InChI is InChI=1S/C23H28N2O3/c1-16(26)25-14-19-13-24(12-17-9-20(27-2)11-21(10-17)28-3)15-22(19)23(25)18-7-5-4-6-8-18/h4-11,19,22-23H,12-15H2,1-3H3/t19-,22-,23+/m1/s1. The highest BCUT2D eigenvalue weighted by molar-refractivity contribution is 5.74. The van der Waals surface area contributed by atoms with E-state index >= 15 is 0 Å². The first-order valence-electron chi connectivity index (χ1n) is 9.85. The number of likely N-dealkylation sites (tertiary alicyclic amines) is 2. The molecule has 0 radical (unpaired) electrons. The quantitative estimate of drug-likeness (QED) is 0.798. The predicted octanol–water partition coefficient (Wildman–Crippen LogP) is 3.36. The maximum Gasteiger partial charge on any atom is 0.219 e. The molecule has 3 atom stereocenters. The monoisotopic (exact) mass is 380 g/mol. The van der Waals surface area contributed by atoms with Gasteiger partial charge >= 0.3 is 0 Å². The minimum Gasteiger partial charge on any atom is -0.497 e. The van der Waals surface area contributed by atoms with Crippen LogP contribution in [0.1, 0.15) is 24.1 Å². The van der Waals surface area contributed by atoms with Gasteiger partial charge in [0.1, 0.15) is 11.5 Å². The van der Waals surface area contributed by atoms with Crippen molar-refractivity contribution < 1.29 is 14.3 Å². The number of amides is 1. The first kappa shape index (κ1) is 18.8. The number of carbonyl (C=O) groups excluding carboxylic acids is 1. The normalized spacial score (nSPS) is 24.2. The minimum atomic E-state index is 0.173. The molecule has 1 amide bonds. The zero-order valence-corrected chi connectivity index (χ0v) is 16.8. The van der Waals surface area contributed by atoms with Crippen molar-refractivity contribution in [3.05, 3.63) is 59.7 Å². The Morgan fingerprint density at radius 2 is 1.68 bits per heavy atom. The lowest BCUT2D eigenvalue weighted by Crippen LogP contribution is -2.34. The second-order valence-electron chi connectivity index (χ2n) is 7.87. The number of carbonyl (C=O) groups is 1. The van der Waals surface area contributed by atoms with Gasteiger partial charge in [-0.05, 0) is 29.2 Å². The Bertz CT molecular complexity index is 817. The SMILES string of the molecule is COc1cc(CN2C[C@@H]3CN(C(C)=O)[C@@H](c4ccccc4)[C@@H]3C2)cc(OC)c1. The highest BCUT2D eigenvalue weighted by Crippen LogP contribution is 2.45. The Morgan fingerprint density at radius 3 is 2.29 bits per heavy atom. The van der Waals surface area contributed by atoms with Gasteiger partial charge in [-0.15, -0.1) is 0 Å². The van der Waals surface area contributed by atoms with Gasteiger partial charge in [0.15, 0.2) is 0 Å². The van der Waals surface area contributed by atoms with E-state index in [0.717, 1.165) is 37.7 Å². The van der Waals surface area contributed by atoms with Gasteiger partial charge in [0.2, 0.25) is 5.91 Å². The summed E-state index contributed by atoms with van der Waals surface area (Å²) in [6.07, 6.45) is 0. The summed E-state index contributed by atoms with van der Waals surface area (Å²) in [7, 11) is 3.36. The number of rotatable bonds is 5. The Balaban J connectivity index is 1.53. The van der Waals surface area contributed by atoms with Crippen molar-refractivity contribution in [1.29, 1.82) is 0 Å². The second-order valence-corrected chi connectivity index (χ2v) is 7.87. The molecule has 5 nitrogen and oxygen atoms in total. The number of methoxy groups -OCH3 is 2. The van der Waals surface area contributed by atoms with Crippen LogP contribution in [-0.4, -0.2) is 49.6 Å². The van der Waals surface area contributed by atoms with E-state index in [4.69, 9.17) is 9.47 Å². The first-order chi connectivity index (χ1) is 13.6. The Hall–Kier alpha value is -2.53. The predicted molar refractivity (Wildman–Crippen MR) is 108 cm³/mol. The summed E-state index contributed by atoms with van der Waals surface area (Å²) in [5, 5.41) is 0. The number of fused-ring (bicyclic) bond motifs is 1. The fourth-order valence-corrected chi connectivity index (χ4v) is 4.88. The molecule has 5 heteroatoms. The molecular formula is C23H28N2O3. The van der Waals surface area contributed by atoms with Crippen LogP contribution < -0.4 is 9.47 Å². The van der Waals surface area contributed by atoms with Crippen molar-refractivity contribution in [2.24, 2.45) is 11.8 Å². The van der Waals surface area contributed by atoms with Crippen LogP contribution in [0.5, 0.6) is 11.5 Å². The van der Waals surface area contributed by atoms with Crippen LogP contribution in [0.25, 0.3) is 0 Å². The van der Waals surface area contributed by atoms with Crippen LogP contribution in [0, 0.1) is 11.8 Å². The topological polar surface area (TPSA) is 42.0 Å². The summed E-state index contributed by atoms with van der Waals surface area (Å²) in [5.74, 6) is 2.80. The zero-order chi connectivity index (χ0) is 19.7. The van der Waals surface area contributed by atoms with Crippen molar-refractivity contribution >= 4 is 5.91 Å². The molecule has 28 heavy (non-hydrogen) atoms. The summed E-state index contributed by atoms with van der Waals surface area (Å²) in [6, 6.07) is 16.7. The van der Waals surface area contributed by atoms with Gasteiger partial charge in [-0.3, -0.25) is 9.69 Å². The van der Waals surface area contributed by atoms with Crippen molar-refractivity contribution in [2.75, 3.05) is 33.9 Å². The summed E-state index contributed by atoms with van der Waals surface area (Å²) >= 11 is 0. The Labute approximate surface area is 166 Å². The molecule has 2 aliphatic heterocycles. The van der Waals surface area contributed by atoms with Crippen LogP contribution in [0.2, 0.25) is 0 Å². The van der Waals surface area contributed by atoms with Crippen molar-refractivity contribution in [2.45, 2.75) is 19.5 Å². The largest absolute Gasteiger partial charge is 0.497 e. The molecule has 2 aromatic rings. The fourth-order valence-electron chi connectivity index (χ4n) is 4.88. The molecule has 4 rings (SSSR count). The average molecular weight is 380 g/mol. The van der Waals surface area contributed by atoms with E-state index in [-0.39, 0.29) is 11.9 Å². The third-order valence-electron chi connectivity index (χ3n) is 6.10. The van der Waals surface area contributed by atoms with Gasteiger partial charge in [0.25, 0.3) is 0 Å². The molecule has 0 unspecified atom stereocenters. The van der Waals surface area contributed by atoms with E-state index < -0.39 is 0 Å². The van der Waals surface area contributed by atoms with Crippen LogP contribution in [-0.2, 0) is 11.3 Å². The number of hydrogen-bond donors (Lipinski definition) is 0. The maximum atomic E-state index is 12.3. The van der Waals surface area contributed by atoms with Gasteiger partial charge in [0.05, 0.1) is 20.3 Å². The number of hydrogen-bond acceptors (Lipinski definition) is 4. The lowest BCUT2D eigenvalue weighted by atomic mass is 9.89. The fraction of sp³-hybridized carbons (Fsp3) is 0.435. The zero-order valence-electron chi connectivity index (χ0n) is 16.8.